The molecule has 0 saturated carbocycles. The monoisotopic (exact) mass is 403 g/mol. The first-order valence-corrected chi connectivity index (χ1v) is 9.25. The van der Waals surface area contributed by atoms with Crippen molar-refractivity contribution in [1.82, 2.24) is 20.2 Å². The highest BCUT2D eigenvalue weighted by molar-refractivity contribution is 6.30. The molecule has 0 radical (unpaired) electrons. The molecule has 3 rings (SSSR count). The Labute approximate surface area is 166 Å². The molecule has 1 amide bonds. The van der Waals surface area contributed by atoms with Gasteiger partial charge in [-0.1, -0.05) is 11.6 Å². The lowest BCUT2D eigenvalue weighted by Crippen LogP contribution is -2.43. The van der Waals surface area contributed by atoms with Gasteiger partial charge in [-0.25, -0.2) is 0 Å². The summed E-state index contributed by atoms with van der Waals surface area (Å²) >= 11 is 5.76. The summed E-state index contributed by atoms with van der Waals surface area (Å²) in [6.45, 7) is 2.25. The summed E-state index contributed by atoms with van der Waals surface area (Å²) < 4.78 is 0. The molecule has 28 heavy (non-hydrogen) atoms. The Morgan fingerprint density at radius 2 is 2.21 bits per heavy atom. The SMILES string of the molecule is C/C(N)=C(/C=C\N)c1nc(N2CCCC(Cc3ccc(Cl)c(=O)[nH]3)C2=O)n[nH]1. The minimum absolute atomic E-state index is 0.0861. The third kappa shape index (κ3) is 4.09. The number of hydrogen-bond donors (Lipinski definition) is 4. The zero-order valence-electron chi connectivity index (χ0n) is 15.4. The number of anilines is 1. The molecular weight excluding hydrogens is 382 g/mol. The topological polar surface area (TPSA) is 147 Å². The summed E-state index contributed by atoms with van der Waals surface area (Å²) in [6, 6.07) is 3.26. The van der Waals surface area contributed by atoms with Crippen molar-refractivity contribution in [2.45, 2.75) is 26.2 Å². The molecule has 2 aromatic heterocycles. The van der Waals surface area contributed by atoms with Gasteiger partial charge in [0, 0.05) is 29.4 Å². The van der Waals surface area contributed by atoms with E-state index in [-0.39, 0.29) is 22.4 Å². The number of hydrogen-bond acceptors (Lipinski definition) is 6. The van der Waals surface area contributed by atoms with E-state index in [1.54, 1.807) is 24.0 Å². The van der Waals surface area contributed by atoms with Crippen molar-refractivity contribution in [3.8, 4) is 0 Å². The Kier molecular flexibility index (Phi) is 5.84. The number of carbonyl (C=O) groups excluding carboxylic acids is 1. The molecule has 2 aromatic rings. The standard InChI is InChI=1S/C18H22ClN7O2/c1-10(21)13(6-7-20)15-23-18(25-24-15)26-8-2-3-11(17(26)28)9-12-4-5-14(19)16(27)22-12/h4-7,11H,2-3,8-9,20-21H2,1H3,(H,22,27)(H,23,24,25)/b7-6-,13-10+. The molecule has 0 spiro atoms. The van der Waals surface area contributed by atoms with E-state index >= 15 is 0 Å². The molecule has 1 atom stereocenters. The number of halogens is 1. The summed E-state index contributed by atoms with van der Waals surface area (Å²) in [5.41, 5.74) is 12.8. The Balaban J connectivity index is 1.80. The third-order valence-electron chi connectivity index (χ3n) is 4.60. The largest absolute Gasteiger partial charge is 0.405 e. The number of piperidine rings is 1. The van der Waals surface area contributed by atoms with Crippen LogP contribution in [0.5, 0.6) is 0 Å². The number of H-pyrrole nitrogens is 2. The maximum Gasteiger partial charge on any atom is 0.266 e. The van der Waals surface area contributed by atoms with Crippen molar-refractivity contribution in [2.75, 3.05) is 11.4 Å². The van der Waals surface area contributed by atoms with Gasteiger partial charge < -0.3 is 16.5 Å². The zero-order valence-corrected chi connectivity index (χ0v) is 16.2. The predicted octanol–water partition coefficient (Wildman–Crippen LogP) is 1.29. The smallest absolute Gasteiger partial charge is 0.266 e. The maximum absolute atomic E-state index is 13.0. The third-order valence-corrected chi connectivity index (χ3v) is 4.89. The number of amides is 1. The summed E-state index contributed by atoms with van der Waals surface area (Å²) in [6.07, 6.45) is 4.93. The van der Waals surface area contributed by atoms with E-state index < -0.39 is 0 Å². The van der Waals surface area contributed by atoms with Crippen molar-refractivity contribution in [2.24, 2.45) is 17.4 Å². The average Bonchev–Trinajstić information content (AvgIpc) is 3.13. The number of aromatic nitrogens is 4. The number of carbonyl (C=O) groups is 1. The molecule has 9 nitrogen and oxygen atoms in total. The first-order chi connectivity index (χ1) is 13.4. The average molecular weight is 404 g/mol. The second-order valence-electron chi connectivity index (χ2n) is 6.63. The van der Waals surface area contributed by atoms with E-state index in [2.05, 4.69) is 20.2 Å². The highest BCUT2D eigenvalue weighted by Gasteiger charge is 2.32. The van der Waals surface area contributed by atoms with Gasteiger partial charge >= 0.3 is 0 Å². The first kappa shape index (κ1) is 19.7. The fraction of sp³-hybridized carbons (Fsp3) is 0.333. The second kappa shape index (κ2) is 8.30. The summed E-state index contributed by atoms with van der Waals surface area (Å²) in [5, 5.41) is 7.10. The Bertz CT molecular complexity index is 988. The molecule has 6 N–H and O–H groups in total. The number of pyridine rings is 1. The van der Waals surface area contributed by atoms with E-state index in [0.29, 0.717) is 41.7 Å². The molecule has 0 aromatic carbocycles. The highest BCUT2D eigenvalue weighted by atomic mass is 35.5. The van der Waals surface area contributed by atoms with Crippen molar-refractivity contribution in [3.63, 3.8) is 0 Å². The van der Waals surface area contributed by atoms with Crippen LogP contribution in [0, 0.1) is 5.92 Å². The van der Waals surface area contributed by atoms with Crippen molar-refractivity contribution in [3.05, 3.63) is 57.0 Å². The van der Waals surface area contributed by atoms with Gasteiger partial charge in [0.1, 0.15) is 5.02 Å². The van der Waals surface area contributed by atoms with Gasteiger partial charge in [0.25, 0.3) is 11.5 Å². The Morgan fingerprint density at radius 3 is 2.89 bits per heavy atom. The molecular formula is C18H22ClN7O2. The number of rotatable bonds is 5. The molecule has 10 heteroatoms. The number of nitrogens with one attached hydrogen (secondary N) is 2. The van der Waals surface area contributed by atoms with E-state index in [9.17, 15) is 9.59 Å². The maximum atomic E-state index is 13.0. The molecule has 1 fully saturated rings. The van der Waals surface area contributed by atoms with Crippen molar-refractivity contribution >= 4 is 29.0 Å². The van der Waals surface area contributed by atoms with Gasteiger partial charge in [0.2, 0.25) is 5.91 Å². The van der Waals surface area contributed by atoms with Crippen molar-refractivity contribution in [1.29, 1.82) is 0 Å². The van der Waals surface area contributed by atoms with Crippen LogP contribution in [0.1, 0.15) is 31.3 Å². The van der Waals surface area contributed by atoms with Gasteiger partial charge in [-0.15, -0.1) is 5.10 Å². The minimum Gasteiger partial charge on any atom is -0.405 e. The second-order valence-corrected chi connectivity index (χ2v) is 7.04. The van der Waals surface area contributed by atoms with E-state index in [1.807, 2.05) is 0 Å². The van der Waals surface area contributed by atoms with Gasteiger partial charge in [0.05, 0.1) is 0 Å². The number of allylic oxidation sites excluding steroid dienone is 3. The molecule has 3 heterocycles. The fourth-order valence-corrected chi connectivity index (χ4v) is 3.32. The molecule has 148 valence electrons. The summed E-state index contributed by atoms with van der Waals surface area (Å²) in [5.74, 6) is 0.367. The van der Waals surface area contributed by atoms with Gasteiger partial charge in [-0.05, 0) is 50.6 Å². The van der Waals surface area contributed by atoms with Crippen LogP contribution in [0.4, 0.5) is 5.95 Å². The summed E-state index contributed by atoms with van der Waals surface area (Å²) in [7, 11) is 0. The van der Waals surface area contributed by atoms with Crippen LogP contribution in [-0.4, -0.2) is 32.6 Å². The minimum atomic E-state index is -0.359. The lowest BCUT2D eigenvalue weighted by Gasteiger charge is -2.29. The number of nitrogens with two attached hydrogens (primary N) is 2. The van der Waals surface area contributed by atoms with E-state index in [1.165, 1.54) is 12.3 Å². The molecule has 1 unspecified atom stereocenters. The first-order valence-electron chi connectivity index (χ1n) is 8.87. The van der Waals surface area contributed by atoms with Crippen LogP contribution in [0.3, 0.4) is 0 Å². The quantitative estimate of drug-likeness (QED) is 0.553. The van der Waals surface area contributed by atoms with Crippen LogP contribution in [0.25, 0.3) is 5.57 Å². The van der Waals surface area contributed by atoms with Crippen molar-refractivity contribution < 1.29 is 4.79 Å². The lowest BCUT2D eigenvalue weighted by molar-refractivity contribution is -0.123. The van der Waals surface area contributed by atoms with Crippen LogP contribution in [0.2, 0.25) is 5.02 Å². The zero-order chi connectivity index (χ0) is 20.3. The predicted molar refractivity (Wildman–Crippen MR) is 107 cm³/mol. The fourth-order valence-electron chi connectivity index (χ4n) is 3.21. The molecule has 1 saturated heterocycles. The van der Waals surface area contributed by atoms with Crippen LogP contribution >= 0.6 is 11.6 Å². The molecule has 1 aliphatic rings. The number of aromatic amines is 2. The Morgan fingerprint density at radius 1 is 1.43 bits per heavy atom. The lowest BCUT2D eigenvalue weighted by atomic mass is 9.92. The molecule has 0 aliphatic carbocycles. The summed E-state index contributed by atoms with van der Waals surface area (Å²) in [4.78, 5) is 33.3. The highest BCUT2D eigenvalue weighted by Crippen LogP contribution is 2.25. The Hall–Kier alpha value is -3.07. The van der Waals surface area contributed by atoms with E-state index in [4.69, 9.17) is 23.1 Å². The normalized spacial score (nSPS) is 18.6. The van der Waals surface area contributed by atoms with Crippen LogP contribution in [0.15, 0.2) is 34.9 Å². The van der Waals surface area contributed by atoms with E-state index in [0.717, 1.165) is 12.8 Å². The van der Waals surface area contributed by atoms with Gasteiger partial charge in [0.15, 0.2) is 5.82 Å². The van der Waals surface area contributed by atoms with Crippen LogP contribution < -0.4 is 21.9 Å². The molecule has 1 aliphatic heterocycles. The van der Waals surface area contributed by atoms with Crippen LogP contribution in [-0.2, 0) is 11.2 Å². The van der Waals surface area contributed by atoms with Gasteiger partial charge in [-0.2, -0.15) is 4.98 Å². The molecule has 0 bridgehead atoms. The number of nitrogens with zero attached hydrogens (tertiary/aromatic N) is 3. The van der Waals surface area contributed by atoms with Gasteiger partial charge in [-0.3, -0.25) is 19.6 Å².